The number of benzene rings is 1. The molecular weight excluding hydrogens is 215 g/mol. The lowest BCUT2D eigenvalue weighted by Gasteiger charge is -2.03. The molecule has 0 aliphatic heterocycles. The Morgan fingerprint density at radius 1 is 1.24 bits per heavy atom. The highest BCUT2D eigenvalue weighted by Crippen LogP contribution is 2.08. The maximum absolute atomic E-state index is 13.0. The van der Waals surface area contributed by atoms with Gasteiger partial charge in [-0.2, -0.15) is 0 Å². The number of nitrogens with one attached hydrogen (secondary N) is 1. The number of rotatable bonds is 5. The first-order valence-electron chi connectivity index (χ1n) is 5.87. The summed E-state index contributed by atoms with van der Waals surface area (Å²) in [4.78, 5) is 0. The molecule has 3 heteroatoms. The molecule has 2 aromatic rings. The first-order chi connectivity index (χ1) is 8.28. The van der Waals surface area contributed by atoms with E-state index in [-0.39, 0.29) is 5.82 Å². The molecule has 0 unspecified atom stereocenters. The van der Waals surface area contributed by atoms with Crippen molar-refractivity contribution in [2.45, 2.75) is 20.0 Å². The van der Waals surface area contributed by atoms with Gasteiger partial charge in [-0.25, -0.2) is 4.39 Å². The molecule has 0 spiro atoms. The number of nitrogens with zero attached hydrogens (tertiary/aromatic N) is 1. The lowest BCUT2D eigenvalue weighted by Crippen LogP contribution is -2.11. The molecule has 17 heavy (non-hydrogen) atoms. The highest BCUT2D eigenvalue weighted by Gasteiger charge is 1.99. The third-order valence-electron chi connectivity index (χ3n) is 2.65. The van der Waals surface area contributed by atoms with Crippen LogP contribution in [0.15, 0.2) is 42.7 Å². The second-order valence-electron chi connectivity index (χ2n) is 4.10. The van der Waals surface area contributed by atoms with Gasteiger partial charge in [0, 0.05) is 25.5 Å². The maximum Gasteiger partial charge on any atom is 0.123 e. The Kier molecular flexibility index (Phi) is 3.94. The van der Waals surface area contributed by atoms with Crippen molar-refractivity contribution in [3.63, 3.8) is 0 Å². The zero-order valence-corrected chi connectivity index (χ0v) is 9.99. The third-order valence-corrected chi connectivity index (χ3v) is 2.65. The second-order valence-corrected chi connectivity index (χ2v) is 4.10. The van der Waals surface area contributed by atoms with Crippen LogP contribution < -0.4 is 5.32 Å². The van der Waals surface area contributed by atoms with Crippen molar-refractivity contribution in [3.8, 4) is 0 Å². The Labute approximate surface area is 101 Å². The van der Waals surface area contributed by atoms with Gasteiger partial charge in [0.1, 0.15) is 5.82 Å². The van der Waals surface area contributed by atoms with Gasteiger partial charge in [0.2, 0.25) is 0 Å². The van der Waals surface area contributed by atoms with Gasteiger partial charge in [-0.1, -0.05) is 19.1 Å². The predicted molar refractivity (Wildman–Crippen MR) is 67.3 cm³/mol. The summed E-state index contributed by atoms with van der Waals surface area (Å²) in [6.07, 6.45) is 4.12. The minimum atomic E-state index is -0.178. The number of hydrogen-bond acceptors (Lipinski definition) is 1. The van der Waals surface area contributed by atoms with Gasteiger partial charge in [0.25, 0.3) is 0 Å². The van der Waals surface area contributed by atoms with E-state index in [0.29, 0.717) is 6.54 Å². The smallest absolute Gasteiger partial charge is 0.123 e. The van der Waals surface area contributed by atoms with E-state index in [4.69, 9.17) is 0 Å². The fourth-order valence-electron chi connectivity index (χ4n) is 1.81. The summed E-state index contributed by atoms with van der Waals surface area (Å²) in [6.45, 7) is 4.65. The molecule has 2 rings (SSSR count). The normalized spacial score (nSPS) is 10.7. The molecule has 1 aromatic carbocycles. The summed E-state index contributed by atoms with van der Waals surface area (Å²) in [6, 6.07) is 8.81. The predicted octanol–water partition coefficient (Wildman–Crippen LogP) is 2.79. The van der Waals surface area contributed by atoms with Crippen LogP contribution in [0.5, 0.6) is 0 Å². The highest BCUT2D eigenvalue weighted by molar-refractivity contribution is 5.18. The largest absolute Gasteiger partial charge is 0.350 e. The summed E-state index contributed by atoms with van der Waals surface area (Å²) in [5, 5.41) is 3.28. The van der Waals surface area contributed by atoms with Crippen LogP contribution in [0.4, 0.5) is 4.39 Å². The van der Waals surface area contributed by atoms with Crippen LogP contribution >= 0.6 is 0 Å². The summed E-state index contributed by atoms with van der Waals surface area (Å²) in [5.41, 5.74) is 2.24. The highest BCUT2D eigenvalue weighted by atomic mass is 19.1. The monoisotopic (exact) mass is 232 g/mol. The van der Waals surface area contributed by atoms with Crippen LogP contribution in [0.1, 0.15) is 18.1 Å². The Hall–Kier alpha value is -1.61. The van der Waals surface area contributed by atoms with E-state index in [1.54, 1.807) is 12.1 Å². The summed E-state index contributed by atoms with van der Waals surface area (Å²) in [7, 11) is 0. The van der Waals surface area contributed by atoms with Crippen LogP contribution in [-0.2, 0) is 13.1 Å². The molecule has 0 atom stereocenters. The van der Waals surface area contributed by atoms with Crippen LogP contribution in [0.3, 0.4) is 0 Å². The van der Waals surface area contributed by atoms with E-state index >= 15 is 0 Å². The van der Waals surface area contributed by atoms with Gasteiger partial charge in [-0.3, -0.25) is 0 Å². The Bertz CT molecular complexity index is 477. The van der Waals surface area contributed by atoms with Crippen LogP contribution in [0.2, 0.25) is 0 Å². The molecule has 90 valence electrons. The molecule has 0 aliphatic carbocycles. The molecule has 0 fully saturated rings. The molecule has 1 N–H and O–H groups in total. The van der Waals surface area contributed by atoms with Gasteiger partial charge in [0.05, 0.1) is 0 Å². The summed E-state index contributed by atoms with van der Waals surface area (Å²) < 4.78 is 15.1. The van der Waals surface area contributed by atoms with E-state index in [1.165, 1.54) is 11.6 Å². The fraction of sp³-hybridized carbons (Fsp3) is 0.286. The van der Waals surface area contributed by atoms with Crippen molar-refractivity contribution in [1.82, 2.24) is 9.88 Å². The first-order valence-corrected chi connectivity index (χ1v) is 5.87. The molecule has 2 nitrogen and oxygen atoms in total. The van der Waals surface area contributed by atoms with Crippen LogP contribution in [-0.4, -0.2) is 11.1 Å². The molecule has 0 bridgehead atoms. The zero-order chi connectivity index (χ0) is 12.1. The molecular formula is C14H17FN2. The van der Waals surface area contributed by atoms with E-state index in [1.807, 2.05) is 12.3 Å². The SMILES string of the molecule is CCNCc1ccn(Cc2cccc(F)c2)c1. The average molecular weight is 232 g/mol. The van der Waals surface area contributed by atoms with E-state index in [9.17, 15) is 4.39 Å². The van der Waals surface area contributed by atoms with Crippen molar-refractivity contribution in [1.29, 1.82) is 0 Å². The lowest BCUT2D eigenvalue weighted by molar-refractivity contribution is 0.623. The number of aromatic nitrogens is 1. The molecule has 0 amide bonds. The second kappa shape index (κ2) is 5.64. The van der Waals surface area contributed by atoms with E-state index in [0.717, 1.165) is 18.7 Å². The molecule has 0 radical (unpaired) electrons. The van der Waals surface area contributed by atoms with E-state index < -0.39 is 0 Å². The van der Waals surface area contributed by atoms with Crippen molar-refractivity contribution in [2.75, 3.05) is 6.54 Å². The van der Waals surface area contributed by atoms with Gasteiger partial charge < -0.3 is 9.88 Å². The maximum atomic E-state index is 13.0. The summed E-state index contributed by atoms with van der Waals surface area (Å²) >= 11 is 0. The minimum Gasteiger partial charge on any atom is -0.350 e. The van der Waals surface area contributed by atoms with Gasteiger partial charge in [0.15, 0.2) is 0 Å². The van der Waals surface area contributed by atoms with Crippen molar-refractivity contribution in [2.24, 2.45) is 0 Å². The Morgan fingerprint density at radius 2 is 2.12 bits per heavy atom. The van der Waals surface area contributed by atoms with Crippen molar-refractivity contribution < 1.29 is 4.39 Å². The van der Waals surface area contributed by atoms with E-state index in [2.05, 4.69) is 29.1 Å². The molecule has 1 aromatic heterocycles. The first kappa shape index (κ1) is 11.9. The van der Waals surface area contributed by atoms with Crippen LogP contribution in [0, 0.1) is 5.82 Å². The minimum absolute atomic E-state index is 0.178. The fourth-order valence-corrected chi connectivity index (χ4v) is 1.81. The van der Waals surface area contributed by atoms with Gasteiger partial charge >= 0.3 is 0 Å². The Balaban J connectivity index is 2.01. The average Bonchev–Trinajstić information content (AvgIpc) is 2.74. The lowest BCUT2D eigenvalue weighted by atomic mass is 10.2. The van der Waals surface area contributed by atoms with Gasteiger partial charge in [-0.05, 0) is 35.9 Å². The Morgan fingerprint density at radius 3 is 2.88 bits per heavy atom. The topological polar surface area (TPSA) is 17.0 Å². The molecule has 0 saturated carbocycles. The summed E-state index contributed by atoms with van der Waals surface area (Å²) in [5.74, 6) is -0.178. The van der Waals surface area contributed by atoms with Crippen molar-refractivity contribution >= 4 is 0 Å². The number of hydrogen-bond donors (Lipinski definition) is 1. The van der Waals surface area contributed by atoms with Gasteiger partial charge in [-0.15, -0.1) is 0 Å². The van der Waals surface area contributed by atoms with Crippen LogP contribution in [0.25, 0.3) is 0 Å². The standard InChI is InChI=1S/C14H17FN2/c1-2-16-9-13-6-7-17(11-13)10-12-4-3-5-14(15)8-12/h3-8,11,16H,2,9-10H2,1H3. The van der Waals surface area contributed by atoms with Crippen molar-refractivity contribution in [3.05, 3.63) is 59.7 Å². The molecule has 1 heterocycles. The molecule has 0 saturated heterocycles. The number of halogens is 1. The molecule has 0 aliphatic rings. The zero-order valence-electron chi connectivity index (χ0n) is 9.99. The third kappa shape index (κ3) is 3.43. The quantitative estimate of drug-likeness (QED) is 0.838.